The monoisotopic (exact) mass is 466 g/mol. The summed E-state index contributed by atoms with van der Waals surface area (Å²) in [6, 6.07) is 8.92. The van der Waals surface area contributed by atoms with Gasteiger partial charge in [0.1, 0.15) is 11.6 Å². The molecule has 0 spiro atoms. The second kappa shape index (κ2) is 9.32. The number of esters is 2. The summed E-state index contributed by atoms with van der Waals surface area (Å²) in [5.41, 5.74) is 7.03. The quantitative estimate of drug-likeness (QED) is 0.515. The summed E-state index contributed by atoms with van der Waals surface area (Å²) in [5.74, 6) is -1.11. The number of nitrogen functional groups attached to an aromatic ring is 1. The first-order valence-electron chi connectivity index (χ1n) is 10.4. The molecule has 1 aromatic carbocycles. The third-order valence-electron chi connectivity index (χ3n) is 5.46. The fourth-order valence-electron chi connectivity index (χ4n) is 4.04. The van der Waals surface area contributed by atoms with Gasteiger partial charge in [-0.25, -0.2) is 14.3 Å². The van der Waals surface area contributed by atoms with E-state index in [9.17, 15) is 19.6 Å². The smallest absolute Gasteiger partial charge is 0.332 e. The molecule has 34 heavy (non-hydrogen) atoms. The highest BCUT2D eigenvalue weighted by atomic mass is 16.6. The molecule has 1 aliphatic heterocycles. The van der Waals surface area contributed by atoms with Crippen molar-refractivity contribution in [3.63, 3.8) is 0 Å². The molecule has 12 heteroatoms. The zero-order chi connectivity index (χ0) is 24.4. The van der Waals surface area contributed by atoms with Crippen LogP contribution in [0.2, 0.25) is 0 Å². The molecule has 1 fully saturated rings. The van der Waals surface area contributed by atoms with E-state index in [0.717, 1.165) is 0 Å². The molecule has 3 aromatic rings. The minimum absolute atomic E-state index is 0.0574. The van der Waals surface area contributed by atoms with Crippen LogP contribution in [0.25, 0.3) is 11.2 Å². The number of aromatic nitrogens is 4. The van der Waals surface area contributed by atoms with Gasteiger partial charge in [0, 0.05) is 13.3 Å². The van der Waals surface area contributed by atoms with Gasteiger partial charge in [-0.2, -0.15) is 10.2 Å². The molecule has 2 N–H and O–H groups in total. The Labute approximate surface area is 193 Å². The fraction of sp³-hybridized carbons (Fsp3) is 0.364. The van der Waals surface area contributed by atoms with E-state index in [1.165, 1.54) is 29.4 Å². The molecule has 0 aliphatic carbocycles. The molecule has 0 saturated carbocycles. The molecular formula is C22H22N6O6. The van der Waals surface area contributed by atoms with Crippen LogP contribution in [0.15, 0.2) is 35.3 Å². The summed E-state index contributed by atoms with van der Waals surface area (Å²) in [6.45, 7) is 1.38. The average Bonchev–Trinajstić information content (AvgIpc) is 3.30. The number of methoxy groups -OCH3 is 1. The Balaban J connectivity index is 1.81. The molecular weight excluding hydrogens is 444 g/mol. The first kappa shape index (κ1) is 22.9. The van der Waals surface area contributed by atoms with E-state index >= 15 is 0 Å². The van der Waals surface area contributed by atoms with Crippen LogP contribution in [0.3, 0.4) is 0 Å². The van der Waals surface area contributed by atoms with Gasteiger partial charge in [0.05, 0.1) is 44.0 Å². The van der Waals surface area contributed by atoms with Crippen molar-refractivity contribution in [3.8, 4) is 6.07 Å². The van der Waals surface area contributed by atoms with Crippen LogP contribution in [-0.2, 0) is 30.3 Å². The van der Waals surface area contributed by atoms with Crippen molar-refractivity contribution in [2.24, 2.45) is 0 Å². The molecule has 12 nitrogen and oxygen atoms in total. The highest BCUT2D eigenvalue weighted by molar-refractivity contribution is 5.72. The summed E-state index contributed by atoms with van der Waals surface area (Å²) in [4.78, 5) is 45.4. The maximum Gasteiger partial charge on any atom is 0.332 e. The number of rotatable bonds is 6. The van der Waals surface area contributed by atoms with Gasteiger partial charge in [0.25, 0.3) is 0 Å². The van der Waals surface area contributed by atoms with Crippen molar-refractivity contribution in [1.29, 1.82) is 5.26 Å². The SMILES string of the molecule is COC(=O)C[C@@H]1C[C@@H](OC(C)=O)[C@H](n2c(=O)n(Cc3cccc(C#N)c3)c3cnc(N)nc32)O1. The summed E-state index contributed by atoms with van der Waals surface area (Å²) < 4.78 is 18.8. The molecule has 176 valence electrons. The van der Waals surface area contributed by atoms with Crippen LogP contribution < -0.4 is 11.4 Å². The lowest BCUT2D eigenvalue weighted by Gasteiger charge is -2.19. The topological polar surface area (TPSA) is 164 Å². The number of nitrogens with zero attached hydrogens (tertiary/aromatic N) is 5. The number of hydrogen-bond acceptors (Lipinski definition) is 10. The van der Waals surface area contributed by atoms with E-state index in [0.29, 0.717) is 16.6 Å². The number of nitriles is 1. The van der Waals surface area contributed by atoms with Gasteiger partial charge < -0.3 is 19.9 Å². The van der Waals surface area contributed by atoms with Gasteiger partial charge >= 0.3 is 17.6 Å². The Morgan fingerprint density at radius 1 is 1.38 bits per heavy atom. The van der Waals surface area contributed by atoms with E-state index in [2.05, 4.69) is 16.0 Å². The van der Waals surface area contributed by atoms with Crippen molar-refractivity contribution < 1.29 is 23.8 Å². The van der Waals surface area contributed by atoms with Crippen LogP contribution in [0.1, 0.15) is 37.1 Å². The van der Waals surface area contributed by atoms with Gasteiger partial charge in [0.15, 0.2) is 11.9 Å². The Morgan fingerprint density at radius 3 is 2.88 bits per heavy atom. The highest BCUT2D eigenvalue weighted by Gasteiger charge is 2.42. The summed E-state index contributed by atoms with van der Waals surface area (Å²) in [6.07, 6.45) is -1.000. The Morgan fingerprint density at radius 2 is 2.18 bits per heavy atom. The van der Waals surface area contributed by atoms with Gasteiger partial charge in [0.2, 0.25) is 5.95 Å². The van der Waals surface area contributed by atoms with Crippen LogP contribution in [0.4, 0.5) is 5.95 Å². The van der Waals surface area contributed by atoms with Crippen molar-refractivity contribution in [1.82, 2.24) is 19.1 Å². The zero-order valence-corrected chi connectivity index (χ0v) is 18.5. The first-order chi connectivity index (χ1) is 16.3. The summed E-state index contributed by atoms with van der Waals surface area (Å²) in [5, 5.41) is 9.19. The Kier molecular flexibility index (Phi) is 6.29. The van der Waals surface area contributed by atoms with Crippen LogP contribution in [0, 0.1) is 11.3 Å². The number of ether oxygens (including phenoxy) is 3. The molecule has 3 atom stereocenters. The van der Waals surface area contributed by atoms with Crippen LogP contribution in [-0.4, -0.2) is 50.4 Å². The number of imidazole rings is 1. The van der Waals surface area contributed by atoms with E-state index in [1.54, 1.807) is 24.3 Å². The Hall–Kier alpha value is -4.24. The average molecular weight is 466 g/mol. The minimum atomic E-state index is -1.05. The number of carbonyl (C=O) groups excluding carboxylic acids is 2. The summed E-state index contributed by atoms with van der Waals surface area (Å²) in [7, 11) is 1.26. The van der Waals surface area contributed by atoms with Crippen molar-refractivity contribution in [3.05, 3.63) is 52.1 Å². The lowest BCUT2D eigenvalue weighted by atomic mass is 10.1. The minimum Gasteiger partial charge on any atom is -0.469 e. The number of carbonyl (C=O) groups is 2. The maximum atomic E-state index is 13.6. The third kappa shape index (κ3) is 4.46. The molecule has 0 bridgehead atoms. The number of benzene rings is 1. The largest absolute Gasteiger partial charge is 0.469 e. The standard InChI is InChI=1S/C22H22N6O6/c1-12(29)33-17-7-15(8-18(30)32-2)34-20(17)28-19-16(10-25-21(24)26-19)27(22(28)31)11-14-5-3-4-13(6-14)9-23/h3-6,10,15,17,20H,7-8,11H2,1-2H3,(H2,24,25,26)/t15-,17+,20+/m0/s1. The van der Waals surface area contributed by atoms with E-state index in [4.69, 9.17) is 19.9 Å². The van der Waals surface area contributed by atoms with Crippen molar-refractivity contribution in [2.45, 2.75) is 44.7 Å². The molecule has 0 radical (unpaired) electrons. The van der Waals surface area contributed by atoms with Gasteiger partial charge in [-0.3, -0.25) is 14.2 Å². The second-order valence-electron chi connectivity index (χ2n) is 7.80. The molecule has 1 saturated heterocycles. The molecule has 1 aliphatic rings. The third-order valence-corrected chi connectivity index (χ3v) is 5.46. The van der Waals surface area contributed by atoms with Crippen LogP contribution in [0.5, 0.6) is 0 Å². The normalized spacial score (nSPS) is 19.6. The van der Waals surface area contributed by atoms with E-state index < -0.39 is 36.1 Å². The molecule has 3 heterocycles. The predicted molar refractivity (Wildman–Crippen MR) is 117 cm³/mol. The second-order valence-corrected chi connectivity index (χ2v) is 7.80. The maximum absolute atomic E-state index is 13.6. The predicted octanol–water partition coefficient (Wildman–Crippen LogP) is 0.877. The lowest BCUT2D eigenvalue weighted by Crippen LogP contribution is -2.34. The van der Waals surface area contributed by atoms with Crippen LogP contribution >= 0.6 is 0 Å². The molecule has 4 rings (SSSR count). The van der Waals surface area contributed by atoms with Crippen molar-refractivity contribution in [2.75, 3.05) is 12.8 Å². The number of fused-ring (bicyclic) bond motifs is 1. The number of anilines is 1. The zero-order valence-electron chi connectivity index (χ0n) is 18.5. The fourth-order valence-corrected chi connectivity index (χ4v) is 4.04. The number of nitrogens with two attached hydrogens (primary N) is 1. The molecule has 0 unspecified atom stereocenters. The van der Waals surface area contributed by atoms with Crippen molar-refractivity contribution >= 4 is 29.1 Å². The van der Waals surface area contributed by atoms with Gasteiger partial charge in [-0.15, -0.1) is 0 Å². The highest BCUT2D eigenvalue weighted by Crippen LogP contribution is 2.34. The lowest BCUT2D eigenvalue weighted by molar-refractivity contribution is -0.153. The molecule has 2 aromatic heterocycles. The molecule has 0 amide bonds. The Bertz CT molecular complexity index is 1360. The number of hydrogen-bond donors (Lipinski definition) is 1. The van der Waals surface area contributed by atoms with E-state index in [1.807, 2.05) is 0 Å². The van der Waals surface area contributed by atoms with Gasteiger partial charge in [-0.1, -0.05) is 12.1 Å². The summed E-state index contributed by atoms with van der Waals surface area (Å²) >= 11 is 0. The van der Waals surface area contributed by atoms with E-state index in [-0.39, 0.29) is 31.0 Å². The first-order valence-corrected chi connectivity index (χ1v) is 10.4. The van der Waals surface area contributed by atoms with Gasteiger partial charge in [-0.05, 0) is 17.7 Å².